The van der Waals surface area contributed by atoms with Crippen molar-refractivity contribution in [2.75, 3.05) is 5.73 Å². The quantitative estimate of drug-likeness (QED) is 0.239. The summed E-state index contributed by atoms with van der Waals surface area (Å²) in [5, 5.41) is 15.4. The van der Waals surface area contributed by atoms with E-state index in [4.69, 9.17) is 10.5 Å². The summed E-state index contributed by atoms with van der Waals surface area (Å²) in [6.45, 7) is 1.86. The van der Waals surface area contributed by atoms with Crippen LogP contribution in [-0.2, 0) is 10.0 Å². The molecular formula is C31H24N4O5S. The number of aryl methyl sites for hydroxylation is 1. The summed E-state index contributed by atoms with van der Waals surface area (Å²) in [5.74, 6) is -0.00572. The zero-order valence-electron chi connectivity index (χ0n) is 21.8. The summed E-state index contributed by atoms with van der Waals surface area (Å²) in [5.41, 5.74) is 7.96. The van der Waals surface area contributed by atoms with E-state index in [-0.39, 0.29) is 33.5 Å². The molecule has 6 rings (SSSR count). The molecule has 2 heterocycles. The molecule has 0 amide bonds. The Morgan fingerprint density at radius 2 is 1.61 bits per heavy atom. The smallest absolute Gasteiger partial charge is 0.268 e. The van der Waals surface area contributed by atoms with Crippen molar-refractivity contribution in [3.05, 3.63) is 126 Å². The average Bonchev–Trinajstić information content (AvgIpc) is 3.56. The van der Waals surface area contributed by atoms with E-state index in [2.05, 4.69) is 5.10 Å². The molecule has 2 aromatic heterocycles. The lowest BCUT2D eigenvalue weighted by molar-refractivity contribution is 0.103. The second-order valence-corrected chi connectivity index (χ2v) is 11.2. The van der Waals surface area contributed by atoms with Crippen LogP contribution in [0.2, 0.25) is 0 Å². The van der Waals surface area contributed by atoms with Gasteiger partial charge in [-0.05, 0) is 55.5 Å². The predicted octanol–water partition coefficient (Wildman–Crippen LogP) is 5.68. The number of ether oxygens (including phenoxy) is 1. The van der Waals surface area contributed by atoms with Gasteiger partial charge in [-0.15, -0.1) is 0 Å². The molecule has 41 heavy (non-hydrogen) atoms. The molecule has 0 unspecified atom stereocenters. The molecule has 10 heteroatoms. The molecule has 0 atom stereocenters. The average molecular weight is 565 g/mol. The van der Waals surface area contributed by atoms with Crippen molar-refractivity contribution in [3.8, 4) is 22.9 Å². The standard InChI is InChI=1S/C31H24N4O5S/c1-20-11-14-24(15-12-20)41(38,39)35-26-10-6-5-7-21(26)17-27(35)30(37)25-19-33-34(31(25)32)22-13-16-29(28(36)18-22)40-23-8-3-2-4-9-23/h2-19,36H,32H2,1H3. The second kappa shape index (κ2) is 10.00. The third-order valence-electron chi connectivity index (χ3n) is 6.67. The normalized spacial score (nSPS) is 11.5. The zero-order valence-corrected chi connectivity index (χ0v) is 22.6. The first-order valence-corrected chi connectivity index (χ1v) is 14.1. The maximum Gasteiger partial charge on any atom is 0.268 e. The molecule has 0 bridgehead atoms. The summed E-state index contributed by atoms with van der Waals surface area (Å²) < 4.78 is 35.7. The van der Waals surface area contributed by atoms with Crippen molar-refractivity contribution in [2.45, 2.75) is 11.8 Å². The van der Waals surface area contributed by atoms with Gasteiger partial charge in [-0.3, -0.25) is 4.79 Å². The third kappa shape index (κ3) is 4.60. The summed E-state index contributed by atoms with van der Waals surface area (Å²) in [6.07, 6.45) is 1.28. The van der Waals surface area contributed by atoms with Gasteiger partial charge < -0.3 is 15.6 Å². The minimum atomic E-state index is -4.14. The Labute approximate surface area is 235 Å². The van der Waals surface area contributed by atoms with Gasteiger partial charge in [0.1, 0.15) is 17.3 Å². The van der Waals surface area contributed by atoms with Gasteiger partial charge in [-0.2, -0.15) is 5.10 Å². The predicted molar refractivity (Wildman–Crippen MR) is 155 cm³/mol. The molecule has 6 aromatic rings. The number of para-hydroxylation sites is 2. The van der Waals surface area contributed by atoms with Crippen LogP contribution in [0.5, 0.6) is 17.2 Å². The van der Waals surface area contributed by atoms with E-state index in [1.165, 1.54) is 35.1 Å². The topological polar surface area (TPSA) is 129 Å². The number of carbonyl (C=O) groups excluding carboxylic acids is 1. The Morgan fingerprint density at radius 3 is 2.34 bits per heavy atom. The number of aromatic nitrogens is 3. The first-order chi connectivity index (χ1) is 19.7. The lowest BCUT2D eigenvalue weighted by atomic mass is 10.1. The highest BCUT2D eigenvalue weighted by Gasteiger charge is 2.29. The van der Waals surface area contributed by atoms with E-state index in [9.17, 15) is 18.3 Å². The highest BCUT2D eigenvalue weighted by Crippen LogP contribution is 2.34. The highest BCUT2D eigenvalue weighted by molar-refractivity contribution is 7.90. The Bertz CT molecular complexity index is 2030. The number of phenols is 1. The zero-order chi connectivity index (χ0) is 28.7. The maximum absolute atomic E-state index is 13.9. The molecule has 0 aliphatic heterocycles. The van der Waals surface area contributed by atoms with Crippen molar-refractivity contribution >= 4 is 32.5 Å². The van der Waals surface area contributed by atoms with Crippen LogP contribution in [0.25, 0.3) is 16.6 Å². The first kappa shape index (κ1) is 25.9. The van der Waals surface area contributed by atoms with Gasteiger partial charge in [0.15, 0.2) is 11.5 Å². The number of benzene rings is 4. The van der Waals surface area contributed by atoms with Gasteiger partial charge in [0, 0.05) is 11.5 Å². The molecule has 0 aliphatic carbocycles. The van der Waals surface area contributed by atoms with Crippen molar-refractivity contribution in [1.82, 2.24) is 13.8 Å². The molecule has 3 N–H and O–H groups in total. The van der Waals surface area contributed by atoms with Crippen LogP contribution in [0.1, 0.15) is 21.6 Å². The largest absolute Gasteiger partial charge is 0.504 e. The number of phenolic OH excluding ortho intramolecular Hbond substituents is 1. The van der Waals surface area contributed by atoms with Crippen LogP contribution in [0.4, 0.5) is 5.82 Å². The molecule has 0 saturated heterocycles. The van der Waals surface area contributed by atoms with Crippen LogP contribution in [0.15, 0.2) is 114 Å². The van der Waals surface area contributed by atoms with Gasteiger partial charge in [0.2, 0.25) is 5.78 Å². The fourth-order valence-corrected chi connectivity index (χ4v) is 6.09. The van der Waals surface area contributed by atoms with E-state index in [1.54, 1.807) is 60.7 Å². The number of nitrogens with two attached hydrogens (primary N) is 1. The van der Waals surface area contributed by atoms with Crippen molar-refractivity contribution in [1.29, 1.82) is 0 Å². The monoisotopic (exact) mass is 564 g/mol. The van der Waals surface area contributed by atoms with E-state index in [0.717, 1.165) is 9.54 Å². The van der Waals surface area contributed by atoms with E-state index >= 15 is 0 Å². The molecular weight excluding hydrogens is 540 g/mol. The molecule has 4 aromatic carbocycles. The molecule has 0 saturated carbocycles. The van der Waals surface area contributed by atoms with Gasteiger partial charge in [-0.1, -0.05) is 54.1 Å². The number of hydrogen-bond acceptors (Lipinski definition) is 7. The SMILES string of the molecule is Cc1ccc(S(=O)(=O)n2c(C(=O)c3cnn(-c4ccc(Oc5ccccc5)c(O)c4)c3N)cc3ccccc32)cc1. The van der Waals surface area contributed by atoms with Gasteiger partial charge in [0.05, 0.1) is 27.9 Å². The van der Waals surface area contributed by atoms with E-state index < -0.39 is 15.8 Å². The molecule has 0 spiro atoms. The summed E-state index contributed by atoms with van der Waals surface area (Å²) in [6, 6.07) is 28.4. The molecule has 0 radical (unpaired) electrons. The summed E-state index contributed by atoms with van der Waals surface area (Å²) in [7, 11) is -4.14. The molecule has 204 valence electrons. The fourth-order valence-electron chi connectivity index (χ4n) is 4.58. The second-order valence-electron chi connectivity index (χ2n) is 9.42. The highest BCUT2D eigenvalue weighted by atomic mass is 32.2. The van der Waals surface area contributed by atoms with E-state index in [1.807, 2.05) is 25.1 Å². The summed E-state index contributed by atoms with van der Waals surface area (Å²) >= 11 is 0. The minimum Gasteiger partial charge on any atom is -0.504 e. The molecule has 0 aliphatic rings. The van der Waals surface area contributed by atoms with Crippen molar-refractivity contribution in [3.63, 3.8) is 0 Å². The number of nitrogen functional groups attached to an aromatic ring is 1. The number of carbonyl (C=O) groups is 1. The Morgan fingerprint density at radius 1 is 0.902 bits per heavy atom. The van der Waals surface area contributed by atoms with Crippen LogP contribution in [0.3, 0.4) is 0 Å². The van der Waals surface area contributed by atoms with Crippen molar-refractivity contribution < 1.29 is 23.1 Å². The number of hydrogen-bond donors (Lipinski definition) is 2. The third-order valence-corrected chi connectivity index (χ3v) is 8.41. The maximum atomic E-state index is 13.9. The minimum absolute atomic E-state index is 0.0114. The lowest BCUT2D eigenvalue weighted by Crippen LogP contribution is -2.19. The van der Waals surface area contributed by atoms with E-state index in [0.29, 0.717) is 22.3 Å². The van der Waals surface area contributed by atoms with Crippen molar-refractivity contribution in [2.24, 2.45) is 0 Å². The lowest BCUT2D eigenvalue weighted by Gasteiger charge is -2.12. The van der Waals surface area contributed by atoms with Crippen LogP contribution in [0, 0.1) is 6.92 Å². The number of ketones is 1. The Kier molecular flexibility index (Phi) is 6.32. The van der Waals surface area contributed by atoms with Crippen LogP contribution < -0.4 is 10.5 Å². The van der Waals surface area contributed by atoms with Gasteiger partial charge in [0.25, 0.3) is 10.0 Å². The number of nitrogens with zero attached hydrogens (tertiary/aromatic N) is 3. The number of rotatable bonds is 7. The molecule has 0 fully saturated rings. The number of aromatic hydroxyl groups is 1. The number of fused-ring (bicyclic) bond motifs is 1. The summed E-state index contributed by atoms with van der Waals surface area (Å²) in [4.78, 5) is 13.9. The van der Waals surface area contributed by atoms with Gasteiger partial charge in [-0.25, -0.2) is 17.1 Å². The van der Waals surface area contributed by atoms with Crippen LogP contribution in [-0.4, -0.2) is 33.1 Å². The Balaban J connectivity index is 1.39. The first-order valence-electron chi connectivity index (χ1n) is 12.6. The van der Waals surface area contributed by atoms with Crippen LogP contribution >= 0.6 is 0 Å². The Hall–Kier alpha value is -5.35. The van der Waals surface area contributed by atoms with Gasteiger partial charge >= 0.3 is 0 Å². The molecule has 9 nitrogen and oxygen atoms in total. The number of anilines is 1. The fraction of sp³-hybridized carbons (Fsp3) is 0.0323.